The number of methoxy groups -OCH3 is 1. The Bertz CT molecular complexity index is 1210. The fourth-order valence-electron chi connectivity index (χ4n) is 3.62. The SMILES string of the molecule is CCN(Cc1ccccc1)C(=O)OCc1cc(C(F)(F)F)ccc1-c1cc(CC(=O)OC)ccc1F. The van der Waals surface area contributed by atoms with E-state index in [-0.39, 0.29) is 29.7 Å². The van der Waals surface area contributed by atoms with Crippen molar-refractivity contribution in [1.82, 2.24) is 4.90 Å². The van der Waals surface area contributed by atoms with Crippen LogP contribution < -0.4 is 0 Å². The van der Waals surface area contributed by atoms with E-state index < -0.39 is 36.2 Å². The maximum absolute atomic E-state index is 14.8. The first kappa shape index (κ1) is 26.7. The maximum atomic E-state index is 14.8. The Labute approximate surface area is 206 Å². The van der Waals surface area contributed by atoms with Gasteiger partial charge in [0.1, 0.15) is 12.4 Å². The van der Waals surface area contributed by atoms with E-state index in [2.05, 4.69) is 4.74 Å². The Morgan fingerprint density at radius 3 is 2.28 bits per heavy atom. The van der Waals surface area contributed by atoms with Gasteiger partial charge in [0.25, 0.3) is 0 Å². The predicted molar refractivity (Wildman–Crippen MR) is 125 cm³/mol. The van der Waals surface area contributed by atoms with E-state index in [1.165, 1.54) is 24.1 Å². The van der Waals surface area contributed by atoms with Crippen LogP contribution in [0.4, 0.5) is 22.4 Å². The lowest BCUT2D eigenvalue weighted by Gasteiger charge is -2.21. The Kier molecular flexibility index (Phi) is 8.68. The number of carbonyl (C=O) groups excluding carboxylic acids is 2. The van der Waals surface area contributed by atoms with E-state index in [9.17, 15) is 27.2 Å². The van der Waals surface area contributed by atoms with Gasteiger partial charge in [-0.3, -0.25) is 4.79 Å². The number of hydrogen-bond donors (Lipinski definition) is 0. The smallest absolute Gasteiger partial charge is 0.416 e. The van der Waals surface area contributed by atoms with E-state index in [4.69, 9.17) is 4.74 Å². The summed E-state index contributed by atoms with van der Waals surface area (Å²) >= 11 is 0. The molecule has 0 spiro atoms. The Hall–Kier alpha value is -3.88. The van der Waals surface area contributed by atoms with Crippen molar-refractivity contribution in [3.63, 3.8) is 0 Å². The first-order chi connectivity index (χ1) is 17.1. The van der Waals surface area contributed by atoms with E-state index in [0.717, 1.165) is 29.8 Å². The second kappa shape index (κ2) is 11.7. The standard InChI is InChI=1S/C27H25F4NO4/c1-3-32(16-18-7-5-4-6-8-18)26(34)36-17-20-15-21(27(29,30)31)10-11-22(20)23-13-19(9-12-24(23)28)14-25(33)35-2/h4-13,15H,3,14,16-17H2,1-2H3. The molecule has 0 saturated carbocycles. The predicted octanol–water partition coefficient (Wildman–Crippen LogP) is 6.39. The molecular weight excluding hydrogens is 478 g/mol. The molecule has 3 aromatic carbocycles. The first-order valence-electron chi connectivity index (χ1n) is 11.1. The third-order valence-corrected chi connectivity index (χ3v) is 5.54. The summed E-state index contributed by atoms with van der Waals surface area (Å²) in [5, 5.41) is 0. The number of nitrogens with zero attached hydrogens (tertiary/aromatic N) is 1. The summed E-state index contributed by atoms with van der Waals surface area (Å²) in [4.78, 5) is 25.7. The molecule has 0 heterocycles. The Morgan fingerprint density at radius 1 is 0.917 bits per heavy atom. The van der Waals surface area contributed by atoms with Crippen LogP contribution in [0.5, 0.6) is 0 Å². The highest BCUT2D eigenvalue weighted by atomic mass is 19.4. The molecule has 0 saturated heterocycles. The van der Waals surface area contributed by atoms with Crippen LogP contribution in [-0.4, -0.2) is 30.6 Å². The number of alkyl halides is 3. The molecule has 5 nitrogen and oxygen atoms in total. The monoisotopic (exact) mass is 503 g/mol. The van der Waals surface area contributed by atoms with Gasteiger partial charge in [0.15, 0.2) is 0 Å². The second-order valence-electron chi connectivity index (χ2n) is 7.99. The number of amides is 1. The van der Waals surface area contributed by atoms with Crippen molar-refractivity contribution in [2.45, 2.75) is 32.7 Å². The zero-order valence-corrected chi connectivity index (χ0v) is 19.8. The molecule has 0 bridgehead atoms. The molecule has 3 aromatic rings. The first-order valence-corrected chi connectivity index (χ1v) is 11.1. The molecule has 0 N–H and O–H groups in total. The summed E-state index contributed by atoms with van der Waals surface area (Å²) in [5.41, 5.74) is 0.392. The van der Waals surface area contributed by atoms with Crippen molar-refractivity contribution in [2.24, 2.45) is 0 Å². The van der Waals surface area contributed by atoms with Crippen molar-refractivity contribution in [1.29, 1.82) is 0 Å². The van der Waals surface area contributed by atoms with Crippen molar-refractivity contribution in [2.75, 3.05) is 13.7 Å². The fraction of sp³-hybridized carbons (Fsp3) is 0.259. The number of esters is 1. The second-order valence-corrected chi connectivity index (χ2v) is 7.99. The molecule has 0 aliphatic heterocycles. The third-order valence-electron chi connectivity index (χ3n) is 5.54. The number of rotatable bonds is 8. The van der Waals surface area contributed by atoms with Gasteiger partial charge in [-0.05, 0) is 53.4 Å². The topological polar surface area (TPSA) is 55.8 Å². The van der Waals surface area contributed by atoms with Crippen molar-refractivity contribution >= 4 is 12.1 Å². The van der Waals surface area contributed by atoms with Gasteiger partial charge in [-0.15, -0.1) is 0 Å². The van der Waals surface area contributed by atoms with Crippen LogP contribution in [0.2, 0.25) is 0 Å². The lowest BCUT2D eigenvalue weighted by molar-refractivity contribution is -0.140. The van der Waals surface area contributed by atoms with Crippen LogP contribution in [0.15, 0.2) is 66.7 Å². The number of ether oxygens (including phenoxy) is 2. The minimum atomic E-state index is -4.65. The van der Waals surface area contributed by atoms with E-state index in [1.807, 2.05) is 30.3 Å². The zero-order chi connectivity index (χ0) is 26.3. The van der Waals surface area contributed by atoms with Gasteiger partial charge in [-0.2, -0.15) is 13.2 Å². The fourth-order valence-corrected chi connectivity index (χ4v) is 3.62. The largest absolute Gasteiger partial charge is 0.469 e. The van der Waals surface area contributed by atoms with E-state index in [0.29, 0.717) is 12.1 Å². The quantitative estimate of drug-likeness (QED) is 0.264. The van der Waals surface area contributed by atoms with Gasteiger partial charge in [-0.25, -0.2) is 9.18 Å². The number of benzene rings is 3. The normalized spacial score (nSPS) is 11.2. The minimum absolute atomic E-state index is 0.0205. The molecule has 0 unspecified atom stereocenters. The highest BCUT2D eigenvalue weighted by Gasteiger charge is 2.31. The van der Waals surface area contributed by atoms with Gasteiger partial charge in [-0.1, -0.05) is 42.5 Å². The molecule has 0 aromatic heterocycles. The highest BCUT2D eigenvalue weighted by Crippen LogP contribution is 2.35. The van der Waals surface area contributed by atoms with Gasteiger partial charge >= 0.3 is 18.2 Å². The molecule has 3 rings (SSSR count). The zero-order valence-electron chi connectivity index (χ0n) is 19.8. The Morgan fingerprint density at radius 2 is 1.64 bits per heavy atom. The number of carbonyl (C=O) groups is 2. The molecule has 0 radical (unpaired) electrons. The molecule has 1 amide bonds. The van der Waals surface area contributed by atoms with Gasteiger partial charge < -0.3 is 14.4 Å². The molecule has 0 fully saturated rings. The molecule has 190 valence electrons. The molecule has 0 aliphatic rings. The third kappa shape index (κ3) is 6.84. The van der Waals surface area contributed by atoms with Gasteiger partial charge in [0, 0.05) is 18.7 Å². The lowest BCUT2D eigenvalue weighted by Crippen LogP contribution is -2.30. The molecular formula is C27H25F4NO4. The molecule has 0 atom stereocenters. The summed E-state index contributed by atoms with van der Waals surface area (Å²) in [6.45, 7) is 1.81. The van der Waals surface area contributed by atoms with Crippen LogP contribution in [0.1, 0.15) is 29.2 Å². The summed E-state index contributed by atoms with van der Waals surface area (Å²) in [6, 6.07) is 15.9. The average Bonchev–Trinajstić information content (AvgIpc) is 2.86. The minimum Gasteiger partial charge on any atom is -0.469 e. The van der Waals surface area contributed by atoms with Crippen LogP contribution >= 0.6 is 0 Å². The summed E-state index contributed by atoms with van der Waals surface area (Å²) < 4.78 is 65.0. The lowest BCUT2D eigenvalue weighted by atomic mass is 9.95. The van der Waals surface area contributed by atoms with Crippen molar-refractivity contribution in [3.8, 4) is 11.1 Å². The Balaban J connectivity index is 1.91. The van der Waals surface area contributed by atoms with Crippen LogP contribution in [-0.2, 0) is 40.0 Å². The highest BCUT2D eigenvalue weighted by molar-refractivity contribution is 5.75. The van der Waals surface area contributed by atoms with Crippen molar-refractivity contribution < 1.29 is 36.6 Å². The van der Waals surface area contributed by atoms with Gasteiger partial charge in [0.2, 0.25) is 0 Å². The van der Waals surface area contributed by atoms with Crippen LogP contribution in [0.3, 0.4) is 0 Å². The van der Waals surface area contributed by atoms with E-state index in [1.54, 1.807) is 6.92 Å². The van der Waals surface area contributed by atoms with Crippen molar-refractivity contribution in [3.05, 3.63) is 94.8 Å². The molecule has 9 heteroatoms. The maximum Gasteiger partial charge on any atom is 0.416 e. The number of halogens is 4. The number of hydrogen-bond acceptors (Lipinski definition) is 4. The summed E-state index contributed by atoms with van der Waals surface area (Å²) in [7, 11) is 1.21. The average molecular weight is 503 g/mol. The van der Waals surface area contributed by atoms with E-state index >= 15 is 0 Å². The molecule has 36 heavy (non-hydrogen) atoms. The van der Waals surface area contributed by atoms with Gasteiger partial charge in [0.05, 0.1) is 19.1 Å². The molecule has 0 aliphatic carbocycles. The van der Waals surface area contributed by atoms with Crippen LogP contribution in [0, 0.1) is 5.82 Å². The van der Waals surface area contributed by atoms with Crippen LogP contribution in [0.25, 0.3) is 11.1 Å². The summed E-state index contributed by atoms with van der Waals surface area (Å²) in [5.74, 6) is -1.25. The summed E-state index contributed by atoms with van der Waals surface area (Å²) in [6.07, 6.45) is -5.50.